The van der Waals surface area contributed by atoms with E-state index in [9.17, 15) is 10.3 Å². The van der Waals surface area contributed by atoms with Gasteiger partial charge in [-0.2, -0.15) is 0 Å². The molecule has 0 fully saturated rings. The fourth-order valence-corrected chi connectivity index (χ4v) is 5.71. The first-order valence-electron chi connectivity index (χ1n) is 14.4. The molecule has 9 nitrogen and oxygen atoms in total. The van der Waals surface area contributed by atoms with Gasteiger partial charge in [0.1, 0.15) is 5.75 Å². The molecule has 230 valence electrons. The second-order valence-corrected chi connectivity index (χ2v) is 11.3. The van der Waals surface area contributed by atoms with Gasteiger partial charge in [0.15, 0.2) is 11.6 Å². The zero-order chi connectivity index (χ0) is 31.6. The maximum Gasteiger partial charge on any atom is 0.252 e. The van der Waals surface area contributed by atoms with Crippen LogP contribution in [0.1, 0.15) is 34.8 Å². The molecule has 0 saturated carbocycles. The van der Waals surface area contributed by atoms with Crippen molar-refractivity contribution in [3.63, 3.8) is 0 Å². The van der Waals surface area contributed by atoms with Crippen LogP contribution in [0, 0.1) is 0 Å². The van der Waals surface area contributed by atoms with Gasteiger partial charge in [-0.05, 0) is 59.5 Å². The number of ether oxygens (including phenoxy) is 2. The van der Waals surface area contributed by atoms with Crippen molar-refractivity contribution >= 4 is 40.7 Å². The van der Waals surface area contributed by atoms with E-state index in [1.54, 1.807) is 48.5 Å². The van der Waals surface area contributed by atoms with Gasteiger partial charge in [0, 0.05) is 57.8 Å². The van der Waals surface area contributed by atoms with E-state index in [1.807, 2.05) is 48.5 Å². The summed E-state index contributed by atoms with van der Waals surface area (Å²) in [6.07, 6.45) is 0.278. The maximum atomic E-state index is 14.4. The average Bonchev–Trinajstić information content (AvgIpc) is 3.43. The predicted molar refractivity (Wildman–Crippen MR) is 175 cm³/mol. The lowest BCUT2D eigenvalue weighted by Gasteiger charge is -2.31. The second kappa shape index (κ2) is 15.0. The molecule has 4 aromatic carbocycles. The zero-order valence-electron chi connectivity index (χ0n) is 24.3. The third-order valence-electron chi connectivity index (χ3n) is 7.41. The van der Waals surface area contributed by atoms with Crippen LogP contribution in [0.15, 0.2) is 107 Å². The second-order valence-electron chi connectivity index (χ2n) is 10.4. The first-order chi connectivity index (χ1) is 21.9. The zero-order valence-corrected chi connectivity index (χ0v) is 25.8. The largest absolute Gasteiger partial charge is 0.494 e. The minimum atomic E-state index is -1.46. The number of benzene rings is 4. The van der Waals surface area contributed by atoms with Crippen LogP contribution in [0.5, 0.6) is 5.75 Å². The Morgan fingerprint density at radius 1 is 1.04 bits per heavy atom. The topological polar surface area (TPSA) is 129 Å². The number of hydrogen-bond donors (Lipinski definition) is 2. The number of carbonyl (C=O) groups excluding carboxylic acids is 1. The maximum absolute atomic E-state index is 14.4. The van der Waals surface area contributed by atoms with Crippen molar-refractivity contribution in [3.8, 4) is 5.75 Å². The van der Waals surface area contributed by atoms with Gasteiger partial charge in [0.05, 0.1) is 6.61 Å². The highest BCUT2D eigenvalue weighted by Gasteiger charge is 2.53. The SMILES string of the molecule is [N-]=[N+]=Nc1ccccc1[C@H]1OC(c2ccc(OCCCO)cc2)=N[C@@]1(Cc1ccccc1)C(=O)NCCc1ccc(Cl)cc1Cl. The molecular formula is C34H31Cl2N5O4. The smallest absolute Gasteiger partial charge is 0.252 e. The number of nitrogens with zero attached hydrogens (tertiary/aromatic N) is 4. The number of amides is 1. The summed E-state index contributed by atoms with van der Waals surface area (Å²) in [6.45, 7) is 0.707. The van der Waals surface area contributed by atoms with Crippen molar-refractivity contribution in [1.82, 2.24) is 5.32 Å². The van der Waals surface area contributed by atoms with Crippen molar-refractivity contribution in [2.75, 3.05) is 19.8 Å². The van der Waals surface area contributed by atoms with Crippen LogP contribution in [0.25, 0.3) is 10.4 Å². The molecule has 2 N–H and O–H groups in total. The molecule has 2 atom stereocenters. The number of nitrogens with one attached hydrogen (secondary N) is 1. The van der Waals surface area contributed by atoms with Gasteiger partial charge >= 0.3 is 0 Å². The lowest BCUT2D eigenvalue weighted by molar-refractivity contribution is -0.128. The Morgan fingerprint density at radius 3 is 2.53 bits per heavy atom. The number of carbonyl (C=O) groups is 1. The Morgan fingerprint density at radius 2 is 1.80 bits per heavy atom. The number of aliphatic hydroxyl groups is 1. The summed E-state index contributed by atoms with van der Waals surface area (Å²) < 4.78 is 12.2. The van der Waals surface area contributed by atoms with Crippen LogP contribution in [-0.4, -0.2) is 42.2 Å². The molecule has 1 amide bonds. The molecule has 0 spiro atoms. The van der Waals surface area contributed by atoms with E-state index < -0.39 is 11.6 Å². The van der Waals surface area contributed by atoms with Gasteiger partial charge in [0.2, 0.25) is 5.90 Å². The molecule has 1 heterocycles. The molecule has 45 heavy (non-hydrogen) atoms. The summed E-state index contributed by atoms with van der Waals surface area (Å²) in [4.78, 5) is 22.5. The highest BCUT2D eigenvalue weighted by Crippen LogP contribution is 2.45. The van der Waals surface area contributed by atoms with Crippen molar-refractivity contribution < 1.29 is 19.4 Å². The molecule has 0 aliphatic carbocycles. The monoisotopic (exact) mass is 643 g/mol. The van der Waals surface area contributed by atoms with Gasteiger partial charge < -0.3 is 19.9 Å². The van der Waals surface area contributed by atoms with Gasteiger partial charge in [-0.1, -0.05) is 89.0 Å². The summed E-state index contributed by atoms with van der Waals surface area (Å²) in [5.41, 5.74) is 11.1. The fourth-order valence-electron chi connectivity index (χ4n) is 5.20. The molecule has 0 unspecified atom stereocenters. The minimum Gasteiger partial charge on any atom is -0.494 e. The van der Waals surface area contributed by atoms with Crippen LogP contribution in [0.3, 0.4) is 0 Å². The van der Waals surface area contributed by atoms with E-state index in [-0.39, 0.29) is 31.4 Å². The lowest BCUT2D eigenvalue weighted by atomic mass is 9.81. The predicted octanol–water partition coefficient (Wildman–Crippen LogP) is 7.55. The van der Waals surface area contributed by atoms with Crippen LogP contribution in [-0.2, 0) is 22.4 Å². The van der Waals surface area contributed by atoms with Crippen molar-refractivity contribution in [2.24, 2.45) is 10.1 Å². The van der Waals surface area contributed by atoms with E-state index in [2.05, 4.69) is 15.3 Å². The fraction of sp³-hybridized carbons (Fsp3) is 0.235. The molecule has 1 aliphatic heterocycles. The van der Waals surface area contributed by atoms with Crippen molar-refractivity contribution in [1.29, 1.82) is 0 Å². The summed E-state index contributed by atoms with van der Waals surface area (Å²) in [7, 11) is 0. The molecule has 4 aromatic rings. The standard InChI is InChI=1S/C34H31Cl2N5O4/c35-26-14-11-24(29(36)21-26)17-18-38-33(43)34(22-23-7-2-1-3-8-23)31(28-9-4-5-10-30(28)40-41-37)45-32(39-34)25-12-15-27(16-13-25)44-20-6-19-42/h1-5,7-16,21,31,42H,6,17-20,22H2,(H,38,43)/t31-,34-/m1/s1. The first-order valence-corrected chi connectivity index (χ1v) is 15.2. The van der Waals surface area contributed by atoms with E-state index >= 15 is 0 Å². The number of hydrogen-bond acceptors (Lipinski definition) is 6. The Balaban J connectivity index is 1.55. The third kappa shape index (κ3) is 7.59. The summed E-state index contributed by atoms with van der Waals surface area (Å²) in [5.74, 6) is 0.547. The number of azide groups is 1. The highest BCUT2D eigenvalue weighted by atomic mass is 35.5. The molecule has 11 heteroatoms. The Bertz CT molecular complexity index is 1710. The van der Waals surface area contributed by atoms with Crippen LogP contribution >= 0.6 is 23.2 Å². The Labute approximate surface area is 271 Å². The number of halogens is 2. The molecule has 1 aliphatic rings. The first kappa shape index (κ1) is 31.9. The van der Waals surface area contributed by atoms with E-state index in [1.165, 1.54) is 0 Å². The number of rotatable bonds is 13. The molecular weight excluding hydrogens is 613 g/mol. The van der Waals surface area contributed by atoms with Crippen LogP contribution in [0.2, 0.25) is 10.0 Å². The quantitative estimate of drug-likeness (QED) is 0.0674. The number of aliphatic hydroxyl groups excluding tert-OH is 1. The Hall–Kier alpha value is -4.53. The minimum absolute atomic E-state index is 0.0414. The Kier molecular flexibility index (Phi) is 10.6. The van der Waals surface area contributed by atoms with Crippen LogP contribution < -0.4 is 10.1 Å². The third-order valence-corrected chi connectivity index (χ3v) is 8.00. The number of aliphatic imine (C=N–C) groups is 1. The van der Waals surface area contributed by atoms with Crippen LogP contribution in [0.4, 0.5) is 5.69 Å². The van der Waals surface area contributed by atoms with E-state index in [0.29, 0.717) is 52.1 Å². The van der Waals surface area contributed by atoms with Gasteiger partial charge in [-0.15, -0.1) is 0 Å². The van der Waals surface area contributed by atoms with E-state index in [4.69, 9.17) is 42.8 Å². The average molecular weight is 645 g/mol. The summed E-state index contributed by atoms with van der Waals surface area (Å²) in [5, 5.41) is 17.1. The van der Waals surface area contributed by atoms with Gasteiger partial charge in [-0.25, -0.2) is 4.99 Å². The normalized spacial score (nSPS) is 17.1. The molecule has 0 aromatic heterocycles. The summed E-state index contributed by atoms with van der Waals surface area (Å²) in [6, 6.07) is 29.1. The molecule has 0 saturated heterocycles. The van der Waals surface area contributed by atoms with Gasteiger partial charge in [0.25, 0.3) is 5.91 Å². The van der Waals surface area contributed by atoms with E-state index in [0.717, 1.165) is 11.1 Å². The molecule has 0 radical (unpaired) electrons. The highest BCUT2D eigenvalue weighted by molar-refractivity contribution is 6.35. The van der Waals surface area contributed by atoms with Crippen molar-refractivity contribution in [3.05, 3.63) is 140 Å². The molecule has 5 rings (SSSR count). The van der Waals surface area contributed by atoms with Gasteiger partial charge in [-0.3, -0.25) is 4.79 Å². The lowest BCUT2D eigenvalue weighted by Crippen LogP contribution is -2.50. The summed E-state index contributed by atoms with van der Waals surface area (Å²) >= 11 is 12.5. The van der Waals surface area contributed by atoms with Crippen molar-refractivity contribution in [2.45, 2.75) is 30.9 Å². The molecule has 0 bridgehead atoms.